The number of carbonyl (C=O) groups excluding carboxylic acids is 1. The lowest BCUT2D eigenvalue weighted by Gasteiger charge is -2.02. The minimum atomic E-state index is 0.151. The van der Waals surface area contributed by atoms with Gasteiger partial charge in [-0.05, 0) is 24.5 Å². The molecule has 0 aromatic heterocycles. The van der Waals surface area contributed by atoms with Crippen LogP contribution in [-0.2, 0) is 6.42 Å². The molecule has 0 heterocycles. The van der Waals surface area contributed by atoms with Crippen LogP contribution in [0.2, 0.25) is 0 Å². The number of hydrogen-bond acceptors (Lipinski definition) is 1. The maximum Gasteiger partial charge on any atom is 0.160 e. The van der Waals surface area contributed by atoms with Gasteiger partial charge in [-0.3, -0.25) is 4.79 Å². The molecule has 1 nitrogen and oxygen atoms in total. The van der Waals surface area contributed by atoms with Gasteiger partial charge in [0.05, 0.1) is 0 Å². The molecule has 1 aliphatic rings. The highest BCUT2D eigenvalue weighted by molar-refractivity contribution is 5.98. The molecule has 1 heteroatoms. The zero-order chi connectivity index (χ0) is 8.55. The second kappa shape index (κ2) is 2.59. The van der Waals surface area contributed by atoms with Crippen molar-refractivity contribution in [2.24, 2.45) is 0 Å². The monoisotopic (exact) mass is 158 g/mol. The average Bonchev–Trinajstić information content (AvgIpc) is 2.49. The van der Waals surface area contributed by atoms with E-state index in [4.69, 9.17) is 0 Å². The van der Waals surface area contributed by atoms with E-state index < -0.39 is 0 Å². The second-order valence-electron chi connectivity index (χ2n) is 3.04. The van der Waals surface area contributed by atoms with E-state index in [1.807, 2.05) is 18.2 Å². The molecule has 12 heavy (non-hydrogen) atoms. The van der Waals surface area contributed by atoms with Gasteiger partial charge in [0.1, 0.15) is 0 Å². The molecule has 1 aromatic rings. The van der Waals surface area contributed by atoms with Crippen molar-refractivity contribution in [3.63, 3.8) is 0 Å². The van der Waals surface area contributed by atoms with Crippen molar-refractivity contribution in [2.75, 3.05) is 0 Å². The minimum Gasteiger partial charge on any atom is -0.294 e. The predicted octanol–water partition coefficient (Wildman–Crippen LogP) is 2.46. The summed E-state index contributed by atoms with van der Waals surface area (Å²) in [6, 6.07) is 5.90. The normalized spacial score (nSPS) is 13.1. The van der Waals surface area contributed by atoms with Crippen molar-refractivity contribution in [1.82, 2.24) is 0 Å². The summed E-state index contributed by atoms with van der Waals surface area (Å²) in [5, 5.41) is 0. The van der Waals surface area contributed by atoms with Gasteiger partial charge in [0, 0.05) is 5.56 Å². The lowest BCUT2D eigenvalue weighted by Crippen LogP contribution is -1.96. The Morgan fingerprint density at radius 1 is 1.42 bits per heavy atom. The van der Waals surface area contributed by atoms with E-state index in [0.29, 0.717) is 0 Å². The Balaban J connectivity index is 2.63. The van der Waals surface area contributed by atoms with Crippen LogP contribution in [0.5, 0.6) is 0 Å². The molecule has 1 aromatic carbocycles. The van der Waals surface area contributed by atoms with Gasteiger partial charge in [0.15, 0.2) is 5.78 Å². The van der Waals surface area contributed by atoms with Crippen molar-refractivity contribution < 1.29 is 4.79 Å². The highest BCUT2D eigenvalue weighted by Gasteiger charge is 2.11. The van der Waals surface area contributed by atoms with Gasteiger partial charge in [0.25, 0.3) is 0 Å². The van der Waals surface area contributed by atoms with Crippen LogP contribution in [0.3, 0.4) is 0 Å². The Morgan fingerprint density at radius 2 is 2.25 bits per heavy atom. The Hall–Kier alpha value is -1.37. The zero-order valence-corrected chi connectivity index (χ0v) is 7.00. The largest absolute Gasteiger partial charge is 0.294 e. The molecule has 0 fully saturated rings. The first-order chi connectivity index (χ1) is 5.79. The first kappa shape index (κ1) is 7.29. The summed E-state index contributed by atoms with van der Waals surface area (Å²) in [4.78, 5) is 11.2. The highest BCUT2D eigenvalue weighted by Crippen LogP contribution is 2.23. The van der Waals surface area contributed by atoms with E-state index in [-0.39, 0.29) is 5.78 Å². The maximum absolute atomic E-state index is 11.2. The quantitative estimate of drug-likeness (QED) is 0.574. The molecule has 0 saturated carbocycles. The van der Waals surface area contributed by atoms with Crippen molar-refractivity contribution in [2.45, 2.75) is 13.3 Å². The second-order valence-corrected chi connectivity index (χ2v) is 3.04. The Bertz CT molecular complexity index is 361. The Labute approximate surface area is 71.7 Å². The number of ketones is 1. The minimum absolute atomic E-state index is 0.151. The summed E-state index contributed by atoms with van der Waals surface area (Å²) >= 11 is 0. The number of hydrogen-bond donors (Lipinski definition) is 0. The number of fused-ring (bicyclic) bond motifs is 1. The third-order valence-corrected chi connectivity index (χ3v) is 2.20. The first-order valence-electron chi connectivity index (χ1n) is 4.08. The molecule has 0 amide bonds. The van der Waals surface area contributed by atoms with Crippen LogP contribution in [0.1, 0.15) is 28.4 Å². The van der Waals surface area contributed by atoms with E-state index in [9.17, 15) is 4.79 Å². The molecule has 0 radical (unpaired) electrons. The molecule has 0 spiro atoms. The van der Waals surface area contributed by atoms with Crippen LogP contribution < -0.4 is 0 Å². The Kier molecular flexibility index (Phi) is 1.58. The van der Waals surface area contributed by atoms with Gasteiger partial charge in [-0.25, -0.2) is 0 Å². The molecular formula is C11H10O. The molecule has 0 atom stereocenters. The van der Waals surface area contributed by atoms with Gasteiger partial charge in [0.2, 0.25) is 0 Å². The molecule has 0 aliphatic heterocycles. The number of benzene rings is 1. The van der Waals surface area contributed by atoms with E-state index in [1.54, 1.807) is 6.92 Å². The topological polar surface area (TPSA) is 17.1 Å². The van der Waals surface area contributed by atoms with Crippen LogP contribution in [-0.4, -0.2) is 5.78 Å². The fraction of sp³-hybridized carbons (Fsp3) is 0.182. The van der Waals surface area contributed by atoms with Crippen LogP contribution in [0.15, 0.2) is 24.3 Å². The number of rotatable bonds is 1. The zero-order valence-electron chi connectivity index (χ0n) is 7.00. The van der Waals surface area contributed by atoms with Crippen LogP contribution in [0, 0.1) is 0 Å². The summed E-state index contributed by atoms with van der Waals surface area (Å²) < 4.78 is 0. The van der Waals surface area contributed by atoms with Crippen LogP contribution in [0.4, 0.5) is 0 Å². The van der Waals surface area contributed by atoms with Crippen molar-refractivity contribution in [1.29, 1.82) is 0 Å². The van der Waals surface area contributed by atoms with Gasteiger partial charge < -0.3 is 0 Å². The number of carbonyl (C=O) groups is 1. The standard InChI is InChI=1S/C11H10O/c1-8(12)10-6-2-4-9-5-3-7-11(9)10/h2-4,6-7H,5H2,1H3. The number of Topliss-reactive ketones (excluding diaryl/α,β-unsaturated/α-hetero) is 1. The van der Waals surface area contributed by atoms with Crippen LogP contribution >= 0.6 is 0 Å². The smallest absolute Gasteiger partial charge is 0.160 e. The summed E-state index contributed by atoms with van der Waals surface area (Å²) in [6.07, 6.45) is 5.10. The molecule has 2 rings (SSSR count). The SMILES string of the molecule is CC(=O)c1cccc2c1C=CC2. The van der Waals surface area contributed by atoms with Crippen molar-refractivity contribution >= 4 is 11.9 Å². The fourth-order valence-corrected chi connectivity index (χ4v) is 1.60. The summed E-state index contributed by atoms with van der Waals surface area (Å²) in [5.41, 5.74) is 3.23. The maximum atomic E-state index is 11.2. The lowest BCUT2D eigenvalue weighted by molar-refractivity contribution is 0.101. The molecule has 0 saturated heterocycles. The van der Waals surface area contributed by atoms with Crippen LogP contribution in [0.25, 0.3) is 6.08 Å². The molecule has 0 N–H and O–H groups in total. The van der Waals surface area contributed by atoms with E-state index in [1.165, 1.54) is 5.56 Å². The molecule has 1 aliphatic carbocycles. The van der Waals surface area contributed by atoms with Crippen molar-refractivity contribution in [3.05, 3.63) is 41.0 Å². The van der Waals surface area contributed by atoms with Crippen molar-refractivity contribution in [3.8, 4) is 0 Å². The predicted molar refractivity (Wildman–Crippen MR) is 49.2 cm³/mol. The van der Waals surface area contributed by atoms with E-state index in [2.05, 4.69) is 12.1 Å². The number of allylic oxidation sites excluding steroid dienone is 1. The summed E-state index contributed by atoms with van der Waals surface area (Å²) in [7, 11) is 0. The van der Waals surface area contributed by atoms with Gasteiger partial charge in [-0.2, -0.15) is 0 Å². The first-order valence-corrected chi connectivity index (χ1v) is 4.08. The van der Waals surface area contributed by atoms with Gasteiger partial charge in [-0.1, -0.05) is 30.4 Å². The molecule has 0 unspecified atom stereocenters. The molecule has 60 valence electrons. The third kappa shape index (κ3) is 0.981. The summed E-state index contributed by atoms with van der Waals surface area (Å²) in [6.45, 7) is 1.61. The Morgan fingerprint density at radius 3 is 3.00 bits per heavy atom. The molecular weight excluding hydrogens is 148 g/mol. The third-order valence-electron chi connectivity index (χ3n) is 2.20. The lowest BCUT2D eigenvalue weighted by atomic mass is 10.0. The summed E-state index contributed by atoms with van der Waals surface area (Å²) in [5.74, 6) is 0.151. The van der Waals surface area contributed by atoms with E-state index in [0.717, 1.165) is 17.5 Å². The average molecular weight is 158 g/mol. The highest BCUT2D eigenvalue weighted by atomic mass is 16.1. The van der Waals surface area contributed by atoms with Gasteiger partial charge >= 0.3 is 0 Å². The molecule has 0 bridgehead atoms. The van der Waals surface area contributed by atoms with E-state index >= 15 is 0 Å². The van der Waals surface area contributed by atoms with Gasteiger partial charge in [-0.15, -0.1) is 0 Å². The fourth-order valence-electron chi connectivity index (χ4n) is 1.60.